The number of rotatable bonds is 9. The monoisotopic (exact) mass is 544 g/mol. The molecule has 0 saturated carbocycles. The van der Waals surface area contributed by atoms with Crippen molar-refractivity contribution in [3.05, 3.63) is 156 Å². The average molecular weight is 545 g/mol. The van der Waals surface area contributed by atoms with Crippen LogP contribution in [0, 0.1) is 5.82 Å². The number of halogens is 1. The van der Waals surface area contributed by atoms with Gasteiger partial charge in [0.25, 0.3) is 0 Å². The topological polar surface area (TPSA) is 26.3 Å². The molecular formula is C36H30FO2P. The van der Waals surface area contributed by atoms with Crippen LogP contribution in [-0.4, -0.2) is 12.6 Å². The van der Waals surface area contributed by atoms with Crippen molar-refractivity contribution in [2.75, 3.05) is 6.61 Å². The number of carbonyl (C=O) groups excluding carboxylic acids is 1. The lowest BCUT2D eigenvalue weighted by molar-refractivity contribution is -0.138. The molecule has 0 aliphatic heterocycles. The van der Waals surface area contributed by atoms with Gasteiger partial charge in [-0.2, -0.15) is 0 Å². The number of benzene rings is 5. The number of esters is 1. The molecule has 5 aromatic rings. The Kier molecular flexibility index (Phi) is 8.96. The third kappa shape index (κ3) is 6.45. The molecule has 5 rings (SSSR count). The molecule has 2 nitrogen and oxygen atoms in total. The van der Waals surface area contributed by atoms with Crippen LogP contribution in [0.3, 0.4) is 0 Å². The van der Waals surface area contributed by atoms with Crippen LogP contribution in [0.2, 0.25) is 0 Å². The molecule has 0 heterocycles. The molecule has 4 heteroatoms. The highest BCUT2D eigenvalue weighted by Crippen LogP contribution is 2.38. The van der Waals surface area contributed by atoms with Crippen LogP contribution in [0.4, 0.5) is 4.39 Å². The van der Waals surface area contributed by atoms with Crippen molar-refractivity contribution in [1.82, 2.24) is 0 Å². The summed E-state index contributed by atoms with van der Waals surface area (Å²) >= 11 is 0. The second-order valence-corrected chi connectivity index (χ2v) is 11.5. The second kappa shape index (κ2) is 13.2. The highest BCUT2D eigenvalue weighted by Gasteiger charge is 2.22. The average Bonchev–Trinajstić information content (AvgIpc) is 3.00. The van der Waals surface area contributed by atoms with Gasteiger partial charge in [0.15, 0.2) is 0 Å². The predicted octanol–water partition coefficient (Wildman–Crippen LogP) is 7.44. The van der Waals surface area contributed by atoms with Gasteiger partial charge >= 0.3 is 5.97 Å². The standard InChI is InChI=1S/C36H30FO2P/c1-2-39-36(38)29(25-27-21-23-30(37)24-22-27)26-28-13-9-10-18-33(28)34-19-11-12-20-35(34)40(31-14-5-3-6-15-31)32-16-7-4-8-17-32/h3-25H,2,26H2,1H3/b29-25+. The Morgan fingerprint density at radius 2 is 1.25 bits per heavy atom. The minimum atomic E-state index is -0.826. The molecule has 0 radical (unpaired) electrons. The molecule has 0 unspecified atom stereocenters. The molecule has 198 valence electrons. The van der Waals surface area contributed by atoms with Gasteiger partial charge in [-0.1, -0.05) is 121 Å². The van der Waals surface area contributed by atoms with Gasteiger partial charge in [-0.05, 0) is 71.2 Å². The highest BCUT2D eigenvalue weighted by molar-refractivity contribution is 7.80. The van der Waals surface area contributed by atoms with Gasteiger partial charge in [-0.3, -0.25) is 0 Å². The zero-order valence-corrected chi connectivity index (χ0v) is 23.2. The molecule has 0 atom stereocenters. The Bertz CT molecular complexity index is 1560. The van der Waals surface area contributed by atoms with E-state index in [9.17, 15) is 9.18 Å². The molecule has 0 fully saturated rings. The van der Waals surface area contributed by atoms with Gasteiger partial charge in [0, 0.05) is 12.0 Å². The van der Waals surface area contributed by atoms with Crippen molar-refractivity contribution in [3.8, 4) is 11.1 Å². The molecular weight excluding hydrogens is 514 g/mol. The number of ether oxygens (including phenoxy) is 1. The molecule has 0 aliphatic rings. The fraction of sp³-hybridized carbons (Fsp3) is 0.0833. The maximum absolute atomic E-state index is 13.5. The quantitative estimate of drug-likeness (QED) is 0.110. The highest BCUT2D eigenvalue weighted by atomic mass is 31.1. The summed E-state index contributed by atoms with van der Waals surface area (Å²) in [6, 6.07) is 44.2. The zero-order valence-electron chi connectivity index (χ0n) is 22.3. The Labute approximate surface area is 236 Å². The van der Waals surface area contributed by atoms with Gasteiger partial charge in [0.2, 0.25) is 0 Å². The van der Waals surface area contributed by atoms with Gasteiger partial charge < -0.3 is 4.74 Å². The van der Waals surface area contributed by atoms with E-state index in [0.717, 1.165) is 22.3 Å². The largest absolute Gasteiger partial charge is 0.463 e. The van der Waals surface area contributed by atoms with Gasteiger partial charge in [0.1, 0.15) is 5.82 Å². The summed E-state index contributed by atoms with van der Waals surface area (Å²) < 4.78 is 18.9. The maximum atomic E-state index is 13.5. The Morgan fingerprint density at radius 1 is 0.700 bits per heavy atom. The predicted molar refractivity (Wildman–Crippen MR) is 165 cm³/mol. The SMILES string of the molecule is CCOC(=O)/C(=C/c1ccc(F)cc1)Cc1ccccc1-c1ccccc1P(c1ccccc1)c1ccccc1. The minimum absolute atomic E-state index is 0.280. The van der Waals surface area contributed by atoms with Crippen LogP contribution in [0.25, 0.3) is 17.2 Å². The van der Waals surface area contributed by atoms with E-state index < -0.39 is 7.92 Å². The van der Waals surface area contributed by atoms with E-state index in [2.05, 4.69) is 84.9 Å². The van der Waals surface area contributed by atoms with Crippen molar-refractivity contribution in [2.45, 2.75) is 13.3 Å². The Morgan fingerprint density at radius 3 is 1.88 bits per heavy atom. The number of hydrogen-bond donors (Lipinski definition) is 0. The van der Waals surface area contributed by atoms with E-state index >= 15 is 0 Å². The normalized spacial score (nSPS) is 11.4. The van der Waals surface area contributed by atoms with E-state index in [1.54, 1.807) is 25.1 Å². The molecule has 0 amide bonds. The summed E-state index contributed by atoms with van der Waals surface area (Å²) in [7, 11) is -0.826. The van der Waals surface area contributed by atoms with Crippen molar-refractivity contribution in [3.63, 3.8) is 0 Å². The van der Waals surface area contributed by atoms with Crippen molar-refractivity contribution in [2.24, 2.45) is 0 Å². The Balaban J connectivity index is 1.62. The number of hydrogen-bond acceptors (Lipinski definition) is 2. The third-order valence-corrected chi connectivity index (χ3v) is 9.11. The second-order valence-electron chi connectivity index (χ2n) is 9.30. The fourth-order valence-corrected chi connectivity index (χ4v) is 7.25. The van der Waals surface area contributed by atoms with Crippen LogP contribution in [0.5, 0.6) is 0 Å². The molecule has 0 saturated heterocycles. The first-order valence-corrected chi connectivity index (χ1v) is 14.7. The lowest BCUT2D eigenvalue weighted by Crippen LogP contribution is -2.22. The van der Waals surface area contributed by atoms with Gasteiger partial charge in [-0.25, -0.2) is 9.18 Å². The van der Waals surface area contributed by atoms with E-state index in [1.807, 2.05) is 24.3 Å². The summed E-state index contributed by atoms with van der Waals surface area (Å²) in [5.74, 6) is -0.684. The Hall–Kier alpha value is -4.33. The van der Waals surface area contributed by atoms with Crippen molar-refractivity contribution >= 4 is 35.9 Å². The summed E-state index contributed by atoms with van der Waals surface area (Å²) in [4.78, 5) is 13.1. The third-order valence-electron chi connectivity index (χ3n) is 6.61. The number of carbonyl (C=O) groups is 1. The maximum Gasteiger partial charge on any atom is 0.334 e. The lowest BCUT2D eigenvalue weighted by atomic mass is 9.94. The van der Waals surface area contributed by atoms with Crippen LogP contribution in [0.15, 0.2) is 139 Å². The van der Waals surface area contributed by atoms with E-state index in [1.165, 1.54) is 28.0 Å². The molecule has 0 aromatic heterocycles. The molecule has 0 N–H and O–H groups in total. The van der Waals surface area contributed by atoms with Crippen LogP contribution in [0.1, 0.15) is 18.1 Å². The molecule has 0 aliphatic carbocycles. The van der Waals surface area contributed by atoms with Crippen LogP contribution < -0.4 is 15.9 Å². The van der Waals surface area contributed by atoms with Crippen molar-refractivity contribution in [1.29, 1.82) is 0 Å². The lowest BCUT2D eigenvalue weighted by Gasteiger charge is -2.23. The minimum Gasteiger partial charge on any atom is -0.463 e. The zero-order chi connectivity index (χ0) is 27.7. The molecule has 0 bridgehead atoms. The van der Waals surface area contributed by atoms with Gasteiger partial charge in [0.05, 0.1) is 6.61 Å². The molecule has 5 aromatic carbocycles. The first-order chi connectivity index (χ1) is 19.6. The molecule has 40 heavy (non-hydrogen) atoms. The van der Waals surface area contributed by atoms with Crippen molar-refractivity contribution < 1.29 is 13.9 Å². The van der Waals surface area contributed by atoms with Gasteiger partial charge in [-0.15, -0.1) is 0 Å². The fourth-order valence-electron chi connectivity index (χ4n) is 4.79. The van der Waals surface area contributed by atoms with Crippen LogP contribution in [-0.2, 0) is 16.0 Å². The van der Waals surface area contributed by atoms with Crippen LogP contribution >= 0.6 is 7.92 Å². The summed E-state index contributed by atoms with van der Waals surface area (Å²) in [6.07, 6.45) is 2.18. The summed E-state index contributed by atoms with van der Waals surface area (Å²) in [5, 5.41) is 3.80. The first kappa shape index (κ1) is 27.2. The first-order valence-electron chi connectivity index (χ1n) is 13.3. The smallest absolute Gasteiger partial charge is 0.334 e. The van der Waals surface area contributed by atoms with E-state index in [4.69, 9.17) is 4.74 Å². The van der Waals surface area contributed by atoms with E-state index in [0.29, 0.717) is 12.0 Å². The van der Waals surface area contributed by atoms with E-state index in [-0.39, 0.29) is 18.4 Å². The summed E-state index contributed by atoms with van der Waals surface area (Å²) in [6.45, 7) is 2.08. The molecule has 0 spiro atoms. The summed E-state index contributed by atoms with van der Waals surface area (Å²) in [5.41, 5.74) is 4.51.